The van der Waals surface area contributed by atoms with E-state index in [0.717, 1.165) is 0 Å². The predicted octanol–water partition coefficient (Wildman–Crippen LogP) is 2.42. The summed E-state index contributed by atoms with van der Waals surface area (Å²) in [6.45, 7) is 5.10. The smallest absolute Gasteiger partial charge is 0.331 e. The first-order valence-corrected chi connectivity index (χ1v) is 6.84. The van der Waals surface area contributed by atoms with Crippen LogP contribution in [0.15, 0.2) is 28.7 Å². The number of aliphatic carboxylic acids is 1. The van der Waals surface area contributed by atoms with Gasteiger partial charge in [-0.05, 0) is 38.5 Å². The molecule has 1 rings (SSSR count). The summed E-state index contributed by atoms with van der Waals surface area (Å²) in [6, 6.07) is 6.68. The average molecular weight is 344 g/mol. The molecular weight excluding hydrogens is 326 g/mol. The molecule has 0 fully saturated rings. The molecule has 0 unspecified atom stereocenters. The molecule has 0 aliphatic heterocycles. The van der Waals surface area contributed by atoms with Crippen molar-refractivity contribution in [3.63, 3.8) is 0 Å². The van der Waals surface area contributed by atoms with Crippen LogP contribution in [0.1, 0.15) is 32.8 Å². The van der Waals surface area contributed by atoms with Gasteiger partial charge >= 0.3 is 11.9 Å². The Balaban J connectivity index is 3.22. The Morgan fingerprint density at radius 3 is 2.40 bits per heavy atom. The molecule has 1 atom stereocenters. The van der Waals surface area contributed by atoms with Gasteiger partial charge in [0.1, 0.15) is 5.60 Å². The molecule has 0 spiro atoms. The summed E-state index contributed by atoms with van der Waals surface area (Å²) in [5.41, 5.74) is 3.99. The van der Waals surface area contributed by atoms with Gasteiger partial charge in [0.05, 0.1) is 6.42 Å². The second-order valence-corrected chi connectivity index (χ2v) is 6.47. The van der Waals surface area contributed by atoms with Crippen LogP contribution in [0.25, 0.3) is 0 Å². The first-order chi connectivity index (χ1) is 9.04. The minimum atomic E-state index is -1.72. The first-order valence-electron chi connectivity index (χ1n) is 6.05. The van der Waals surface area contributed by atoms with Crippen LogP contribution in [-0.2, 0) is 19.9 Å². The molecule has 3 N–H and O–H groups in total. The van der Waals surface area contributed by atoms with Gasteiger partial charge in [0.25, 0.3) is 0 Å². The van der Waals surface area contributed by atoms with E-state index in [0.29, 0.717) is 10.0 Å². The van der Waals surface area contributed by atoms with E-state index in [-0.39, 0.29) is 0 Å². The number of benzene rings is 1. The maximum absolute atomic E-state index is 12.3. The molecule has 0 radical (unpaired) electrons. The van der Waals surface area contributed by atoms with Crippen LogP contribution in [0.5, 0.6) is 0 Å². The fraction of sp³-hybridized carbons (Fsp3) is 0.429. The number of halogens is 1. The number of ether oxygens (including phenoxy) is 1. The maximum Gasteiger partial charge on any atom is 0.331 e. The average Bonchev–Trinajstić information content (AvgIpc) is 2.25. The van der Waals surface area contributed by atoms with Crippen LogP contribution in [0, 0.1) is 0 Å². The molecule has 1 aromatic rings. The third kappa shape index (κ3) is 4.31. The molecule has 0 saturated heterocycles. The number of nitrogens with two attached hydrogens (primary N) is 1. The second kappa shape index (κ2) is 5.93. The number of esters is 1. The molecule has 1 aromatic carbocycles. The van der Waals surface area contributed by atoms with Gasteiger partial charge in [-0.25, -0.2) is 4.79 Å². The summed E-state index contributed by atoms with van der Waals surface area (Å²) in [4.78, 5) is 23.3. The van der Waals surface area contributed by atoms with Crippen LogP contribution >= 0.6 is 15.9 Å². The van der Waals surface area contributed by atoms with E-state index in [1.165, 1.54) is 0 Å². The lowest BCUT2D eigenvalue weighted by Gasteiger charge is -2.30. The van der Waals surface area contributed by atoms with Gasteiger partial charge in [0, 0.05) is 4.47 Å². The zero-order valence-corrected chi connectivity index (χ0v) is 13.2. The van der Waals surface area contributed by atoms with Crippen molar-refractivity contribution in [1.82, 2.24) is 0 Å². The molecule has 0 heterocycles. The number of hydrogen-bond acceptors (Lipinski definition) is 4. The van der Waals surface area contributed by atoms with Crippen LogP contribution in [0.3, 0.4) is 0 Å². The Bertz CT molecular complexity index is 524. The highest BCUT2D eigenvalue weighted by atomic mass is 79.9. The Morgan fingerprint density at radius 2 is 1.95 bits per heavy atom. The summed E-state index contributed by atoms with van der Waals surface area (Å²) in [5.74, 6) is -1.93. The monoisotopic (exact) mass is 343 g/mol. The summed E-state index contributed by atoms with van der Waals surface area (Å²) >= 11 is 3.28. The zero-order chi connectivity index (χ0) is 15.6. The molecular formula is C14H18BrNO4. The highest BCUT2D eigenvalue weighted by Crippen LogP contribution is 2.28. The summed E-state index contributed by atoms with van der Waals surface area (Å²) in [5, 5.41) is 9.03. The highest BCUT2D eigenvalue weighted by molar-refractivity contribution is 9.10. The van der Waals surface area contributed by atoms with Crippen molar-refractivity contribution < 1.29 is 19.4 Å². The lowest BCUT2D eigenvalue weighted by Crippen LogP contribution is -2.49. The van der Waals surface area contributed by atoms with E-state index in [1.54, 1.807) is 45.0 Å². The number of carbonyl (C=O) groups excluding carboxylic acids is 1. The molecule has 110 valence electrons. The third-order valence-electron chi connectivity index (χ3n) is 2.53. The number of carboxylic acid groups (broad SMARTS) is 1. The molecule has 0 aliphatic rings. The van der Waals surface area contributed by atoms with Crippen molar-refractivity contribution in [2.45, 2.75) is 38.3 Å². The quantitative estimate of drug-likeness (QED) is 0.819. The van der Waals surface area contributed by atoms with E-state index in [9.17, 15) is 9.59 Å². The van der Waals surface area contributed by atoms with Crippen LogP contribution < -0.4 is 5.73 Å². The molecule has 6 heteroatoms. The fourth-order valence-corrected chi connectivity index (χ4v) is 2.06. The molecule has 0 saturated carbocycles. The molecule has 0 aliphatic carbocycles. The minimum absolute atomic E-state index is 0.392. The standard InChI is InChI=1S/C14H18BrNO4/c1-13(2,3)20-12(19)14(16,8-11(17)18)9-5-4-6-10(15)7-9/h4-7H,8,16H2,1-3H3,(H,17,18)/t14-/m0/s1. The van der Waals surface area contributed by atoms with Crippen LogP contribution in [0.2, 0.25) is 0 Å². The number of rotatable bonds is 4. The van der Waals surface area contributed by atoms with E-state index < -0.39 is 29.5 Å². The summed E-state index contributed by atoms with van der Waals surface area (Å²) in [7, 11) is 0. The summed E-state index contributed by atoms with van der Waals surface area (Å²) < 4.78 is 5.96. The molecule has 20 heavy (non-hydrogen) atoms. The van der Waals surface area contributed by atoms with Gasteiger partial charge in [-0.15, -0.1) is 0 Å². The highest BCUT2D eigenvalue weighted by Gasteiger charge is 2.41. The lowest BCUT2D eigenvalue weighted by atomic mass is 9.87. The SMILES string of the molecule is CC(C)(C)OC(=O)[C@](N)(CC(=O)O)c1cccc(Br)c1. The Hall–Kier alpha value is -1.40. The Labute approximate surface area is 126 Å². The number of carbonyl (C=O) groups is 2. The van der Waals surface area contributed by atoms with Crippen molar-refractivity contribution in [3.05, 3.63) is 34.3 Å². The molecule has 0 aromatic heterocycles. The van der Waals surface area contributed by atoms with Gasteiger partial charge in [-0.3, -0.25) is 4.79 Å². The van der Waals surface area contributed by atoms with Gasteiger partial charge in [0.2, 0.25) is 0 Å². The van der Waals surface area contributed by atoms with Gasteiger partial charge < -0.3 is 15.6 Å². The van der Waals surface area contributed by atoms with Gasteiger partial charge in [-0.2, -0.15) is 0 Å². The number of hydrogen-bond donors (Lipinski definition) is 2. The zero-order valence-electron chi connectivity index (χ0n) is 11.6. The van der Waals surface area contributed by atoms with E-state index in [4.69, 9.17) is 15.6 Å². The van der Waals surface area contributed by atoms with Crippen molar-refractivity contribution in [2.24, 2.45) is 5.73 Å². The van der Waals surface area contributed by atoms with Gasteiger partial charge in [-0.1, -0.05) is 28.1 Å². The molecule has 0 bridgehead atoms. The Morgan fingerprint density at radius 1 is 1.35 bits per heavy atom. The first kappa shape index (κ1) is 16.7. The second-order valence-electron chi connectivity index (χ2n) is 5.55. The van der Waals surface area contributed by atoms with E-state index in [1.807, 2.05) is 0 Å². The number of carboxylic acids is 1. The van der Waals surface area contributed by atoms with Gasteiger partial charge in [0.15, 0.2) is 5.54 Å². The predicted molar refractivity (Wildman–Crippen MR) is 78.1 cm³/mol. The largest absolute Gasteiger partial charge is 0.481 e. The maximum atomic E-state index is 12.3. The lowest BCUT2D eigenvalue weighted by molar-refractivity contribution is -0.165. The summed E-state index contributed by atoms with van der Waals surface area (Å²) in [6.07, 6.45) is -0.543. The van der Waals surface area contributed by atoms with Crippen molar-refractivity contribution >= 4 is 27.9 Å². The Kier molecular flexibility index (Phi) is 4.94. The fourth-order valence-electron chi connectivity index (χ4n) is 1.67. The third-order valence-corrected chi connectivity index (χ3v) is 3.03. The van der Waals surface area contributed by atoms with Crippen molar-refractivity contribution in [2.75, 3.05) is 0 Å². The molecule has 0 amide bonds. The van der Waals surface area contributed by atoms with Crippen molar-refractivity contribution in [1.29, 1.82) is 0 Å². The minimum Gasteiger partial charge on any atom is -0.481 e. The molecule has 5 nitrogen and oxygen atoms in total. The van der Waals surface area contributed by atoms with Crippen LogP contribution in [-0.4, -0.2) is 22.6 Å². The normalized spacial score (nSPS) is 14.4. The van der Waals surface area contributed by atoms with Crippen LogP contribution in [0.4, 0.5) is 0 Å². The topological polar surface area (TPSA) is 89.6 Å². The van der Waals surface area contributed by atoms with E-state index >= 15 is 0 Å². The van der Waals surface area contributed by atoms with Crippen molar-refractivity contribution in [3.8, 4) is 0 Å². The van der Waals surface area contributed by atoms with E-state index in [2.05, 4.69) is 15.9 Å².